The fourth-order valence-electron chi connectivity index (χ4n) is 2.73. The Morgan fingerprint density at radius 3 is 2.00 bits per heavy atom. The molecule has 30 heavy (non-hydrogen) atoms. The number of imidazole rings is 1. The van der Waals surface area contributed by atoms with Gasteiger partial charge in [-0.3, -0.25) is 4.57 Å². The van der Waals surface area contributed by atoms with E-state index in [4.69, 9.17) is 21.7 Å². The Hall–Kier alpha value is -1.87. The highest BCUT2D eigenvalue weighted by atomic mass is 32.2. The average Bonchev–Trinajstić information content (AvgIpc) is 3.27. The molecule has 7 nitrogen and oxygen atoms in total. The number of rotatable bonds is 9. The molecule has 0 fully saturated rings. The zero-order valence-corrected chi connectivity index (χ0v) is 20.0. The van der Waals surface area contributed by atoms with E-state index in [-0.39, 0.29) is 15.7 Å². The monoisotopic (exact) mass is 470 g/mol. The quantitative estimate of drug-likeness (QED) is 0.313. The predicted octanol–water partition coefficient (Wildman–Crippen LogP) is 4.82. The zero-order valence-electron chi connectivity index (χ0n) is 17.5. The Bertz CT molecular complexity index is 938. The van der Waals surface area contributed by atoms with Gasteiger partial charge in [-0.25, -0.2) is 9.59 Å². The number of unbranched alkanes of at least 4 members (excludes halogenated alkanes) is 2. The number of aromatic nitrogens is 2. The van der Waals surface area contributed by atoms with Gasteiger partial charge in [-0.1, -0.05) is 55.9 Å². The molecule has 0 spiro atoms. The molecule has 1 aliphatic heterocycles. The number of carbonyl (C=O) groups excluding carboxylic acids is 2. The van der Waals surface area contributed by atoms with Crippen LogP contribution in [0.1, 0.15) is 45.2 Å². The van der Waals surface area contributed by atoms with Crippen molar-refractivity contribution in [2.75, 3.05) is 14.2 Å². The lowest BCUT2D eigenvalue weighted by Gasteiger charge is -2.03. The first kappa shape index (κ1) is 24.4. The predicted molar refractivity (Wildman–Crippen MR) is 122 cm³/mol. The molecule has 164 valence electrons. The third-order valence-electron chi connectivity index (χ3n) is 4.37. The number of aromatic hydroxyl groups is 1. The molecule has 2 heterocycles. The molecule has 0 unspecified atom stereocenters. The molecular formula is C20H26N2O5S3. The maximum atomic E-state index is 12.0. The van der Waals surface area contributed by atoms with Crippen LogP contribution in [-0.2, 0) is 32.2 Å². The van der Waals surface area contributed by atoms with Crippen molar-refractivity contribution in [3.05, 3.63) is 30.2 Å². The van der Waals surface area contributed by atoms with Crippen LogP contribution < -0.4 is 0 Å². The van der Waals surface area contributed by atoms with E-state index < -0.39 is 11.9 Å². The van der Waals surface area contributed by atoms with Crippen LogP contribution in [0, 0.1) is 4.77 Å². The second kappa shape index (κ2) is 11.5. The summed E-state index contributed by atoms with van der Waals surface area (Å²) in [5, 5.41) is 10.8. The molecule has 0 amide bonds. The highest BCUT2D eigenvalue weighted by Gasteiger charge is 2.32. The summed E-state index contributed by atoms with van der Waals surface area (Å²) >= 11 is 7.76. The van der Waals surface area contributed by atoms with Crippen LogP contribution in [0.4, 0.5) is 0 Å². The van der Waals surface area contributed by atoms with E-state index in [1.54, 1.807) is 10.6 Å². The molecule has 1 aromatic heterocycles. The first-order valence-electron chi connectivity index (χ1n) is 9.65. The number of thioether (sulfide) groups is 2. The smallest absolute Gasteiger partial charge is 0.346 e. The first-order chi connectivity index (χ1) is 14.4. The number of hydrogen-bond acceptors (Lipinski definition) is 8. The molecule has 2 rings (SSSR count). The SMILES string of the molecule is CCCCn1c(O)c(C=C=C2SC(C(=O)OC)=C(C(=O)OC)S2)n(CCCC)c1=S. The number of methoxy groups -OCH3 is 2. The Morgan fingerprint density at radius 1 is 1.03 bits per heavy atom. The second-order valence-corrected chi connectivity index (χ2v) is 9.09. The lowest BCUT2D eigenvalue weighted by molar-refractivity contribution is -0.138. The Kier molecular flexibility index (Phi) is 9.36. The van der Waals surface area contributed by atoms with Crippen LogP contribution >= 0.6 is 35.7 Å². The first-order valence-corrected chi connectivity index (χ1v) is 11.7. The Morgan fingerprint density at radius 2 is 1.53 bits per heavy atom. The molecule has 0 atom stereocenters. The topological polar surface area (TPSA) is 82.7 Å². The van der Waals surface area contributed by atoms with Crippen molar-refractivity contribution in [1.29, 1.82) is 0 Å². The van der Waals surface area contributed by atoms with E-state index in [1.807, 2.05) is 4.57 Å². The molecule has 1 aliphatic rings. The lowest BCUT2D eigenvalue weighted by Crippen LogP contribution is -2.08. The maximum absolute atomic E-state index is 12.0. The molecule has 0 aliphatic carbocycles. The maximum Gasteiger partial charge on any atom is 0.346 e. The van der Waals surface area contributed by atoms with E-state index in [0.717, 1.165) is 49.2 Å². The van der Waals surface area contributed by atoms with Crippen LogP contribution in [0.3, 0.4) is 0 Å². The van der Waals surface area contributed by atoms with Crippen molar-refractivity contribution in [1.82, 2.24) is 9.13 Å². The summed E-state index contributed by atoms with van der Waals surface area (Å²) in [7, 11) is 2.51. The summed E-state index contributed by atoms with van der Waals surface area (Å²) < 4.78 is 14.3. The number of ether oxygens (including phenoxy) is 2. The van der Waals surface area contributed by atoms with Gasteiger partial charge in [-0.15, -0.1) is 0 Å². The van der Waals surface area contributed by atoms with Crippen molar-refractivity contribution in [3.63, 3.8) is 0 Å². The van der Waals surface area contributed by atoms with E-state index in [2.05, 4.69) is 19.6 Å². The van der Waals surface area contributed by atoms with Gasteiger partial charge in [-0.2, -0.15) is 0 Å². The Labute approximate surface area is 189 Å². The van der Waals surface area contributed by atoms with Gasteiger partial charge in [0.15, 0.2) is 4.77 Å². The summed E-state index contributed by atoms with van der Waals surface area (Å²) in [4.78, 5) is 24.3. The number of nitrogens with zero attached hydrogens (tertiary/aromatic N) is 2. The van der Waals surface area contributed by atoms with Gasteiger partial charge in [0, 0.05) is 19.2 Å². The minimum atomic E-state index is -0.607. The molecular weight excluding hydrogens is 444 g/mol. The number of hydrogen-bond donors (Lipinski definition) is 1. The van der Waals surface area contributed by atoms with Gasteiger partial charge < -0.3 is 19.1 Å². The minimum absolute atomic E-state index is 0.0972. The molecule has 0 saturated heterocycles. The lowest BCUT2D eigenvalue weighted by atomic mass is 10.3. The molecule has 0 radical (unpaired) electrons. The molecule has 0 bridgehead atoms. The largest absolute Gasteiger partial charge is 0.493 e. The average molecular weight is 471 g/mol. The molecule has 0 aromatic carbocycles. The highest BCUT2D eigenvalue weighted by Crippen LogP contribution is 2.49. The normalized spacial score (nSPS) is 13.4. The van der Waals surface area contributed by atoms with Gasteiger partial charge in [0.1, 0.15) is 15.5 Å². The summed E-state index contributed by atoms with van der Waals surface area (Å²) in [6, 6.07) is 0. The number of esters is 2. The van der Waals surface area contributed by atoms with Crippen molar-refractivity contribution >= 4 is 53.8 Å². The zero-order chi connectivity index (χ0) is 22.3. The fourth-order valence-corrected chi connectivity index (χ4v) is 5.31. The standard InChI is InChI=1S/C20H26N2O5S3/c1-5-7-11-21-13(17(23)22(20(21)28)12-8-6-2)9-10-14-29-15(18(24)26-3)16(30-14)19(25)27-4/h9,23H,5-8,11-12H2,1-4H3. The Balaban J connectivity index is 2.45. The summed E-state index contributed by atoms with van der Waals surface area (Å²) in [6.07, 6.45) is 5.46. The second-order valence-electron chi connectivity index (χ2n) is 6.42. The van der Waals surface area contributed by atoms with Gasteiger partial charge in [0.2, 0.25) is 5.88 Å². The van der Waals surface area contributed by atoms with Crippen molar-refractivity contribution < 1.29 is 24.2 Å². The molecule has 10 heteroatoms. The summed E-state index contributed by atoms with van der Waals surface area (Å²) in [5.41, 5.74) is 3.65. The van der Waals surface area contributed by atoms with Crippen molar-refractivity contribution in [2.24, 2.45) is 0 Å². The van der Waals surface area contributed by atoms with E-state index in [1.165, 1.54) is 14.2 Å². The van der Waals surface area contributed by atoms with Crippen LogP contribution in [-0.4, -0.2) is 40.4 Å². The molecule has 0 saturated carbocycles. The minimum Gasteiger partial charge on any atom is -0.493 e. The van der Waals surface area contributed by atoms with Gasteiger partial charge >= 0.3 is 11.9 Å². The van der Waals surface area contributed by atoms with E-state index >= 15 is 0 Å². The highest BCUT2D eigenvalue weighted by molar-refractivity contribution is 8.29. The molecule has 1 aromatic rings. The third-order valence-corrected chi connectivity index (χ3v) is 7.20. The van der Waals surface area contributed by atoms with Crippen LogP contribution in [0.25, 0.3) is 6.08 Å². The fraction of sp³-hybridized carbons (Fsp3) is 0.500. The summed E-state index contributed by atoms with van der Waals surface area (Å²) in [6.45, 7) is 5.50. The van der Waals surface area contributed by atoms with Gasteiger partial charge in [-0.05, 0) is 25.1 Å². The van der Waals surface area contributed by atoms with Crippen LogP contribution in [0.5, 0.6) is 5.88 Å². The van der Waals surface area contributed by atoms with Gasteiger partial charge in [0.05, 0.1) is 18.5 Å². The van der Waals surface area contributed by atoms with Crippen molar-refractivity contribution in [3.8, 4) is 5.88 Å². The van der Waals surface area contributed by atoms with Crippen LogP contribution in [0.15, 0.2) is 19.8 Å². The van der Waals surface area contributed by atoms with Crippen molar-refractivity contribution in [2.45, 2.75) is 52.6 Å². The molecule has 1 N–H and O–H groups in total. The third kappa shape index (κ3) is 5.43. The van der Waals surface area contributed by atoms with E-state index in [9.17, 15) is 14.7 Å². The number of carbonyl (C=O) groups is 2. The van der Waals surface area contributed by atoms with Crippen LogP contribution in [0.2, 0.25) is 0 Å². The summed E-state index contributed by atoms with van der Waals surface area (Å²) in [5.74, 6) is -1.12. The van der Waals surface area contributed by atoms with Gasteiger partial charge in [0.25, 0.3) is 0 Å². The van der Waals surface area contributed by atoms with E-state index in [0.29, 0.717) is 27.8 Å².